The molecule has 2 heterocycles. The first-order chi connectivity index (χ1) is 7.29. The predicted molar refractivity (Wildman–Crippen MR) is 59.1 cm³/mol. The van der Waals surface area contributed by atoms with Gasteiger partial charge in [0.2, 0.25) is 0 Å². The molecule has 0 aliphatic carbocycles. The van der Waals surface area contributed by atoms with E-state index in [1.165, 1.54) is 4.88 Å². The average molecular weight is 223 g/mol. The molecule has 80 valence electrons. The molecule has 0 saturated heterocycles. The van der Waals surface area contributed by atoms with Crippen LogP contribution in [0.1, 0.15) is 29.3 Å². The molecule has 1 N–H and O–H groups in total. The molecule has 0 aliphatic rings. The number of thiophene rings is 1. The van der Waals surface area contributed by atoms with E-state index in [4.69, 9.17) is 9.52 Å². The molecule has 3 nitrogen and oxygen atoms in total. The first kappa shape index (κ1) is 10.4. The molecule has 2 rings (SSSR count). The zero-order valence-corrected chi connectivity index (χ0v) is 9.33. The molecule has 0 amide bonds. The summed E-state index contributed by atoms with van der Waals surface area (Å²) >= 11 is 1.69. The molecule has 1 atom stereocenters. The number of hydrogen-bond acceptors (Lipinski definition) is 4. The van der Waals surface area contributed by atoms with Crippen molar-refractivity contribution in [2.45, 2.75) is 19.3 Å². The monoisotopic (exact) mass is 223 g/mol. The van der Waals surface area contributed by atoms with Crippen molar-refractivity contribution in [1.82, 2.24) is 4.98 Å². The molecule has 0 saturated carbocycles. The second-order valence-electron chi connectivity index (χ2n) is 3.51. The van der Waals surface area contributed by atoms with Crippen LogP contribution >= 0.6 is 11.3 Å². The Bertz CT molecular complexity index is 408. The Kier molecular flexibility index (Phi) is 3.18. The van der Waals surface area contributed by atoms with E-state index in [1.807, 2.05) is 18.4 Å². The van der Waals surface area contributed by atoms with Crippen LogP contribution in [0.2, 0.25) is 0 Å². The van der Waals surface area contributed by atoms with Crippen LogP contribution in [0.5, 0.6) is 0 Å². The van der Waals surface area contributed by atoms with Crippen LogP contribution in [0, 0.1) is 0 Å². The Hall–Kier alpha value is -1.13. The Labute approximate surface area is 92.4 Å². The smallest absolute Gasteiger partial charge is 0.199 e. The Morgan fingerprint density at radius 3 is 3.13 bits per heavy atom. The van der Waals surface area contributed by atoms with Gasteiger partial charge in [-0.2, -0.15) is 0 Å². The quantitative estimate of drug-likeness (QED) is 0.865. The first-order valence-electron chi connectivity index (χ1n) is 4.87. The highest BCUT2D eigenvalue weighted by Gasteiger charge is 2.10. The van der Waals surface area contributed by atoms with Gasteiger partial charge in [-0.05, 0) is 11.4 Å². The molecule has 0 spiro atoms. The lowest BCUT2D eigenvalue weighted by Crippen LogP contribution is -1.99. The highest BCUT2D eigenvalue weighted by atomic mass is 32.1. The van der Waals surface area contributed by atoms with E-state index in [0.29, 0.717) is 5.89 Å². The van der Waals surface area contributed by atoms with Crippen molar-refractivity contribution in [3.05, 3.63) is 40.2 Å². The Balaban J connectivity index is 2.07. The van der Waals surface area contributed by atoms with Gasteiger partial charge < -0.3 is 9.52 Å². The van der Waals surface area contributed by atoms with Gasteiger partial charge in [0.05, 0.1) is 18.7 Å². The molecule has 0 aliphatic heterocycles. The van der Waals surface area contributed by atoms with Crippen molar-refractivity contribution >= 4 is 11.3 Å². The van der Waals surface area contributed by atoms with Gasteiger partial charge in [0.15, 0.2) is 5.89 Å². The molecule has 0 bridgehead atoms. The van der Waals surface area contributed by atoms with Gasteiger partial charge >= 0.3 is 0 Å². The number of rotatable bonds is 4. The molecule has 4 heteroatoms. The number of aliphatic hydroxyl groups excluding tert-OH is 1. The summed E-state index contributed by atoms with van der Waals surface area (Å²) in [5.41, 5.74) is 0.823. The van der Waals surface area contributed by atoms with Gasteiger partial charge in [-0.1, -0.05) is 13.0 Å². The fraction of sp³-hybridized carbons (Fsp3) is 0.364. The van der Waals surface area contributed by atoms with Crippen molar-refractivity contribution in [3.8, 4) is 0 Å². The van der Waals surface area contributed by atoms with Gasteiger partial charge in [0.1, 0.15) is 6.26 Å². The van der Waals surface area contributed by atoms with E-state index in [9.17, 15) is 0 Å². The van der Waals surface area contributed by atoms with Gasteiger partial charge in [-0.15, -0.1) is 11.3 Å². The van der Waals surface area contributed by atoms with Gasteiger partial charge in [0, 0.05) is 10.8 Å². The maximum Gasteiger partial charge on any atom is 0.199 e. The Morgan fingerprint density at radius 1 is 1.60 bits per heavy atom. The van der Waals surface area contributed by atoms with Crippen molar-refractivity contribution in [2.75, 3.05) is 6.61 Å². The molecule has 0 radical (unpaired) electrons. The fourth-order valence-electron chi connectivity index (χ4n) is 1.29. The standard InChI is InChI=1S/C11H13NO2S/c1-8(6-13)10-7-14-11(12-10)5-9-3-2-4-15-9/h2-4,7-8,13H,5-6H2,1H3. The van der Waals surface area contributed by atoms with Crippen LogP contribution in [0.15, 0.2) is 28.2 Å². The van der Waals surface area contributed by atoms with Gasteiger partial charge in [0.25, 0.3) is 0 Å². The van der Waals surface area contributed by atoms with Crippen molar-refractivity contribution < 1.29 is 9.52 Å². The minimum absolute atomic E-state index is 0.0471. The second-order valence-corrected chi connectivity index (χ2v) is 4.54. The van der Waals surface area contributed by atoms with Crippen LogP contribution in [0.3, 0.4) is 0 Å². The third-order valence-electron chi connectivity index (χ3n) is 2.25. The van der Waals surface area contributed by atoms with E-state index >= 15 is 0 Å². The zero-order valence-electron chi connectivity index (χ0n) is 8.51. The van der Waals surface area contributed by atoms with Crippen LogP contribution in [-0.4, -0.2) is 16.7 Å². The summed E-state index contributed by atoms with van der Waals surface area (Å²) < 4.78 is 5.35. The average Bonchev–Trinajstić information content (AvgIpc) is 2.88. The maximum atomic E-state index is 8.97. The molecule has 0 aromatic carbocycles. The lowest BCUT2D eigenvalue weighted by molar-refractivity contribution is 0.271. The second kappa shape index (κ2) is 4.59. The summed E-state index contributed by atoms with van der Waals surface area (Å²) in [5, 5.41) is 11.0. The minimum atomic E-state index is 0.0471. The lowest BCUT2D eigenvalue weighted by atomic mass is 10.1. The number of oxazole rings is 1. The number of nitrogens with zero attached hydrogens (tertiary/aromatic N) is 1. The Morgan fingerprint density at radius 2 is 2.47 bits per heavy atom. The van der Waals surface area contributed by atoms with E-state index in [-0.39, 0.29) is 12.5 Å². The summed E-state index contributed by atoms with van der Waals surface area (Å²) in [6.07, 6.45) is 2.36. The number of aliphatic hydroxyl groups is 1. The van der Waals surface area contributed by atoms with Crippen LogP contribution in [0.4, 0.5) is 0 Å². The third-order valence-corrected chi connectivity index (χ3v) is 3.13. The SMILES string of the molecule is CC(CO)c1coc(Cc2cccs2)n1. The topological polar surface area (TPSA) is 46.3 Å². The fourth-order valence-corrected chi connectivity index (χ4v) is 1.98. The molecule has 2 aromatic heterocycles. The van der Waals surface area contributed by atoms with Crippen molar-refractivity contribution in [1.29, 1.82) is 0 Å². The van der Waals surface area contributed by atoms with Gasteiger partial charge in [-0.25, -0.2) is 4.98 Å². The number of hydrogen-bond donors (Lipinski definition) is 1. The third kappa shape index (κ3) is 2.46. The lowest BCUT2D eigenvalue weighted by Gasteiger charge is -1.99. The van der Waals surface area contributed by atoms with Crippen LogP contribution in [0.25, 0.3) is 0 Å². The first-order valence-corrected chi connectivity index (χ1v) is 5.75. The molecular formula is C11H13NO2S. The van der Waals surface area contributed by atoms with E-state index in [2.05, 4.69) is 11.1 Å². The maximum absolute atomic E-state index is 8.97. The summed E-state index contributed by atoms with van der Waals surface area (Å²) in [7, 11) is 0. The molecule has 1 unspecified atom stereocenters. The minimum Gasteiger partial charge on any atom is -0.448 e. The van der Waals surface area contributed by atoms with E-state index < -0.39 is 0 Å². The van der Waals surface area contributed by atoms with E-state index in [1.54, 1.807) is 17.6 Å². The largest absolute Gasteiger partial charge is 0.448 e. The van der Waals surface area contributed by atoms with Crippen LogP contribution in [-0.2, 0) is 6.42 Å². The molecule has 15 heavy (non-hydrogen) atoms. The summed E-state index contributed by atoms with van der Waals surface area (Å²) in [6, 6.07) is 4.07. The highest BCUT2D eigenvalue weighted by Crippen LogP contribution is 2.18. The number of aromatic nitrogens is 1. The van der Waals surface area contributed by atoms with Gasteiger partial charge in [-0.3, -0.25) is 0 Å². The summed E-state index contributed by atoms with van der Waals surface area (Å²) in [6.45, 7) is 2.03. The molecular weight excluding hydrogens is 210 g/mol. The van der Waals surface area contributed by atoms with Crippen LogP contribution < -0.4 is 0 Å². The predicted octanol–water partition coefficient (Wildman–Crippen LogP) is 2.42. The van der Waals surface area contributed by atoms with E-state index in [0.717, 1.165) is 12.1 Å². The molecule has 0 fully saturated rings. The van der Waals surface area contributed by atoms with Crippen molar-refractivity contribution in [2.24, 2.45) is 0 Å². The molecule has 2 aromatic rings. The normalized spacial score (nSPS) is 12.9. The zero-order chi connectivity index (χ0) is 10.7. The summed E-state index contributed by atoms with van der Waals surface area (Å²) in [4.78, 5) is 5.57. The van der Waals surface area contributed by atoms with Crippen molar-refractivity contribution in [3.63, 3.8) is 0 Å². The summed E-state index contributed by atoms with van der Waals surface area (Å²) in [5.74, 6) is 0.763. The highest BCUT2D eigenvalue weighted by molar-refractivity contribution is 7.09.